The molecular weight excluding hydrogens is 285 g/mol. The Balaban J connectivity index is 2.21. The minimum absolute atomic E-state index is 0.290. The highest BCUT2D eigenvalue weighted by atomic mass is 35.5. The smallest absolute Gasteiger partial charge is 0.124 e. The molecule has 0 aliphatic carbocycles. The zero-order valence-corrected chi connectivity index (χ0v) is 13.3. The summed E-state index contributed by atoms with van der Waals surface area (Å²) in [5, 5.41) is 3.90. The van der Waals surface area contributed by atoms with E-state index in [9.17, 15) is 4.39 Å². The van der Waals surface area contributed by atoms with Crippen molar-refractivity contribution >= 4 is 11.6 Å². The largest absolute Gasteiger partial charge is 0.316 e. The number of halogens is 2. The van der Waals surface area contributed by atoms with Crippen molar-refractivity contribution in [1.82, 2.24) is 5.32 Å². The Morgan fingerprint density at radius 3 is 2.48 bits per heavy atom. The Hall–Kier alpha value is -1.38. The van der Waals surface area contributed by atoms with Crippen molar-refractivity contribution in [2.45, 2.75) is 26.2 Å². The van der Waals surface area contributed by atoms with Crippen LogP contribution in [0.1, 0.15) is 29.5 Å². The fourth-order valence-electron chi connectivity index (χ4n) is 2.42. The molecule has 0 saturated heterocycles. The van der Waals surface area contributed by atoms with Crippen LogP contribution < -0.4 is 5.32 Å². The molecule has 0 bridgehead atoms. The summed E-state index contributed by atoms with van der Waals surface area (Å²) < 4.78 is 13.2. The molecule has 0 aromatic heterocycles. The average molecular weight is 306 g/mol. The van der Waals surface area contributed by atoms with Crippen LogP contribution in [0.5, 0.6) is 0 Å². The van der Waals surface area contributed by atoms with Crippen LogP contribution in [0.25, 0.3) is 0 Å². The Kier molecular flexibility index (Phi) is 5.77. The van der Waals surface area contributed by atoms with E-state index in [1.54, 1.807) is 6.07 Å². The Morgan fingerprint density at radius 1 is 1.14 bits per heavy atom. The molecule has 2 rings (SSSR count). The molecule has 0 fully saturated rings. The van der Waals surface area contributed by atoms with E-state index in [-0.39, 0.29) is 5.82 Å². The molecule has 1 nitrogen and oxygen atoms in total. The zero-order valence-electron chi connectivity index (χ0n) is 12.5. The molecule has 0 saturated carbocycles. The zero-order chi connectivity index (χ0) is 15.2. The van der Waals surface area contributed by atoms with Crippen molar-refractivity contribution in [2.75, 3.05) is 13.1 Å². The highest BCUT2D eigenvalue weighted by molar-refractivity contribution is 6.31. The standard InChI is InChI=1S/C18H21ClFN/c1-3-21-12-16(14-6-4-13(2)5-7-14)10-15-8-9-17(20)11-18(15)19/h4-9,11,16,21H,3,10,12H2,1-2H3. The van der Waals surface area contributed by atoms with Gasteiger partial charge in [-0.1, -0.05) is 54.4 Å². The van der Waals surface area contributed by atoms with Crippen LogP contribution in [-0.4, -0.2) is 13.1 Å². The second-order valence-corrected chi connectivity index (χ2v) is 5.76. The van der Waals surface area contributed by atoms with E-state index in [0.29, 0.717) is 10.9 Å². The highest BCUT2D eigenvalue weighted by Gasteiger charge is 2.14. The third-order valence-electron chi connectivity index (χ3n) is 3.67. The second kappa shape index (κ2) is 7.58. The van der Waals surface area contributed by atoms with E-state index in [4.69, 9.17) is 11.6 Å². The van der Waals surface area contributed by atoms with Gasteiger partial charge in [0.15, 0.2) is 0 Å². The van der Waals surface area contributed by atoms with E-state index in [0.717, 1.165) is 25.1 Å². The second-order valence-electron chi connectivity index (χ2n) is 5.36. The predicted octanol–water partition coefficient (Wildman–Crippen LogP) is 4.72. The number of rotatable bonds is 6. The monoisotopic (exact) mass is 305 g/mol. The van der Waals surface area contributed by atoms with Gasteiger partial charge in [0.05, 0.1) is 0 Å². The lowest BCUT2D eigenvalue weighted by molar-refractivity contribution is 0.592. The summed E-state index contributed by atoms with van der Waals surface area (Å²) >= 11 is 6.16. The van der Waals surface area contributed by atoms with E-state index in [2.05, 4.69) is 43.4 Å². The molecule has 3 heteroatoms. The van der Waals surface area contributed by atoms with Gasteiger partial charge >= 0.3 is 0 Å². The maximum atomic E-state index is 13.2. The molecule has 112 valence electrons. The Morgan fingerprint density at radius 2 is 1.86 bits per heavy atom. The van der Waals surface area contributed by atoms with Gasteiger partial charge in [0.25, 0.3) is 0 Å². The third kappa shape index (κ3) is 4.55. The van der Waals surface area contributed by atoms with Crippen LogP contribution >= 0.6 is 11.6 Å². The van der Waals surface area contributed by atoms with Crippen molar-refractivity contribution in [3.8, 4) is 0 Å². The molecule has 2 aromatic carbocycles. The maximum absolute atomic E-state index is 13.2. The number of hydrogen-bond donors (Lipinski definition) is 1. The summed E-state index contributed by atoms with van der Waals surface area (Å²) in [4.78, 5) is 0. The summed E-state index contributed by atoms with van der Waals surface area (Å²) in [5.41, 5.74) is 3.52. The van der Waals surface area contributed by atoms with Crippen LogP contribution in [-0.2, 0) is 6.42 Å². The lowest BCUT2D eigenvalue weighted by atomic mass is 9.91. The van der Waals surface area contributed by atoms with Gasteiger partial charge in [-0.3, -0.25) is 0 Å². The van der Waals surface area contributed by atoms with Gasteiger partial charge in [-0.25, -0.2) is 4.39 Å². The molecule has 1 N–H and O–H groups in total. The fourth-order valence-corrected chi connectivity index (χ4v) is 2.66. The molecule has 2 aromatic rings. The summed E-state index contributed by atoms with van der Waals surface area (Å²) in [6, 6.07) is 13.2. The number of likely N-dealkylation sites (N-methyl/N-ethyl adjacent to an activating group) is 1. The number of nitrogens with one attached hydrogen (secondary N) is 1. The van der Waals surface area contributed by atoms with Crippen molar-refractivity contribution in [2.24, 2.45) is 0 Å². The topological polar surface area (TPSA) is 12.0 Å². The summed E-state index contributed by atoms with van der Waals surface area (Å²) in [7, 11) is 0. The lowest BCUT2D eigenvalue weighted by Crippen LogP contribution is -2.22. The van der Waals surface area contributed by atoms with Crippen LogP contribution in [0, 0.1) is 12.7 Å². The molecule has 0 spiro atoms. The summed E-state index contributed by atoms with van der Waals surface area (Å²) in [6.45, 7) is 5.99. The highest BCUT2D eigenvalue weighted by Crippen LogP contribution is 2.26. The van der Waals surface area contributed by atoms with E-state index < -0.39 is 0 Å². The van der Waals surface area contributed by atoms with E-state index >= 15 is 0 Å². The lowest BCUT2D eigenvalue weighted by Gasteiger charge is -2.19. The van der Waals surface area contributed by atoms with Crippen LogP contribution in [0.4, 0.5) is 4.39 Å². The summed E-state index contributed by atoms with van der Waals surface area (Å²) in [6.07, 6.45) is 0.801. The molecule has 0 aliphatic heterocycles. The van der Waals surface area contributed by atoms with Crippen molar-refractivity contribution in [3.05, 3.63) is 70.0 Å². The third-order valence-corrected chi connectivity index (χ3v) is 4.02. The SMILES string of the molecule is CCNCC(Cc1ccc(F)cc1Cl)c1ccc(C)cc1. The quantitative estimate of drug-likeness (QED) is 0.814. The summed E-state index contributed by atoms with van der Waals surface area (Å²) in [5.74, 6) is 0.0378. The number of hydrogen-bond acceptors (Lipinski definition) is 1. The molecular formula is C18H21ClFN. The van der Waals surface area contributed by atoms with Gasteiger partial charge in [0, 0.05) is 17.5 Å². The molecule has 1 atom stereocenters. The Bertz CT molecular complexity index is 580. The van der Waals surface area contributed by atoms with Crippen LogP contribution in [0.15, 0.2) is 42.5 Å². The fraction of sp³-hybridized carbons (Fsp3) is 0.333. The van der Waals surface area contributed by atoms with Crippen molar-refractivity contribution in [1.29, 1.82) is 0 Å². The predicted molar refractivity (Wildman–Crippen MR) is 87.6 cm³/mol. The molecule has 0 aliphatic rings. The molecule has 0 amide bonds. The minimum Gasteiger partial charge on any atom is -0.316 e. The van der Waals surface area contributed by atoms with E-state index in [1.807, 2.05) is 0 Å². The van der Waals surface area contributed by atoms with Gasteiger partial charge in [-0.05, 0) is 43.1 Å². The average Bonchev–Trinajstić information content (AvgIpc) is 2.46. The van der Waals surface area contributed by atoms with Gasteiger partial charge in [-0.2, -0.15) is 0 Å². The van der Waals surface area contributed by atoms with Gasteiger partial charge in [0.2, 0.25) is 0 Å². The van der Waals surface area contributed by atoms with Crippen LogP contribution in [0.3, 0.4) is 0 Å². The first-order valence-electron chi connectivity index (χ1n) is 7.31. The normalized spacial score (nSPS) is 12.4. The molecule has 21 heavy (non-hydrogen) atoms. The molecule has 1 unspecified atom stereocenters. The Labute approximate surface area is 131 Å². The van der Waals surface area contributed by atoms with E-state index in [1.165, 1.54) is 23.3 Å². The van der Waals surface area contributed by atoms with Gasteiger partial charge < -0.3 is 5.32 Å². The first-order valence-corrected chi connectivity index (χ1v) is 7.69. The first kappa shape index (κ1) is 16.0. The van der Waals surface area contributed by atoms with Gasteiger partial charge in [-0.15, -0.1) is 0 Å². The van der Waals surface area contributed by atoms with Crippen LogP contribution in [0.2, 0.25) is 5.02 Å². The van der Waals surface area contributed by atoms with Gasteiger partial charge in [0.1, 0.15) is 5.82 Å². The maximum Gasteiger partial charge on any atom is 0.124 e. The first-order chi connectivity index (χ1) is 10.1. The molecule has 0 radical (unpaired) electrons. The molecule has 0 heterocycles. The van der Waals surface area contributed by atoms with Crippen molar-refractivity contribution in [3.63, 3.8) is 0 Å². The number of benzene rings is 2. The minimum atomic E-state index is -0.290. The van der Waals surface area contributed by atoms with Crippen molar-refractivity contribution < 1.29 is 4.39 Å². The number of aryl methyl sites for hydroxylation is 1.